The Hall–Kier alpha value is 0.910. The van der Waals surface area contributed by atoms with Crippen LogP contribution < -0.4 is 0 Å². The zero-order chi connectivity index (χ0) is 12.6. The summed E-state index contributed by atoms with van der Waals surface area (Å²) in [6, 6.07) is 0. The van der Waals surface area contributed by atoms with E-state index in [1.165, 1.54) is 6.42 Å². The van der Waals surface area contributed by atoms with Gasteiger partial charge in [-0.1, -0.05) is 47.8 Å². The third-order valence-electron chi connectivity index (χ3n) is 6.63. The van der Waals surface area contributed by atoms with E-state index in [0.29, 0.717) is 22.6 Å². The maximum absolute atomic E-state index is 11.6. The summed E-state index contributed by atoms with van der Waals surface area (Å²) < 4.78 is 5.98. The average Bonchev–Trinajstić information content (AvgIpc) is 2.93. The van der Waals surface area contributed by atoms with Crippen molar-refractivity contribution in [3.63, 3.8) is 0 Å². The van der Waals surface area contributed by atoms with Crippen molar-refractivity contribution in [3.8, 4) is 0 Å². The zero-order valence-electron chi connectivity index (χ0n) is 9.78. The molecule has 0 aliphatic heterocycles. The highest BCUT2D eigenvalue weighted by molar-refractivity contribution is 9.25. The monoisotopic (exact) mass is 438 g/mol. The summed E-state index contributed by atoms with van der Waals surface area (Å²) in [6.45, 7) is 1.56. The smallest absolute Gasteiger partial charge is 0.303 e. The first-order chi connectivity index (χ1) is 8.42. The average molecular weight is 441 g/mol. The number of halogens is 3. The molecular formula is C13H13Br3O2. The van der Waals surface area contributed by atoms with Gasteiger partial charge in [0, 0.05) is 18.8 Å². The molecule has 9 atom stereocenters. The molecule has 0 spiro atoms. The number of esters is 1. The Morgan fingerprint density at radius 2 is 1.89 bits per heavy atom. The number of alkyl halides is 3. The fraction of sp³-hybridized carbons (Fsp3) is 0.923. The van der Waals surface area contributed by atoms with Crippen LogP contribution in [0.2, 0.25) is 0 Å². The maximum atomic E-state index is 11.6. The first-order valence-corrected chi connectivity index (χ1v) is 9.14. The van der Waals surface area contributed by atoms with Gasteiger partial charge in [0.2, 0.25) is 0 Å². The number of ether oxygens (including phenoxy) is 1. The van der Waals surface area contributed by atoms with Crippen molar-refractivity contribution in [2.45, 2.75) is 27.0 Å². The van der Waals surface area contributed by atoms with E-state index in [1.54, 1.807) is 6.92 Å². The van der Waals surface area contributed by atoms with Gasteiger partial charge in [-0.3, -0.25) is 4.79 Å². The third-order valence-corrected chi connectivity index (χ3v) is 10.00. The molecule has 98 valence electrons. The lowest BCUT2D eigenvalue weighted by atomic mass is 9.69. The van der Waals surface area contributed by atoms with Gasteiger partial charge in [0.25, 0.3) is 0 Å². The molecule has 0 aromatic rings. The van der Waals surface area contributed by atoms with Crippen LogP contribution in [0.3, 0.4) is 0 Å². The van der Waals surface area contributed by atoms with Crippen LogP contribution in [0, 0.1) is 41.4 Å². The summed E-state index contributed by atoms with van der Waals surface area (Å²) in [6.07, 6.45) is 1.35. The predicted molar refractivity (Wildman–Crippen MR) is 76.8 cm³/mol. The summed E-state index contributed by atoms with van der Waals surface area (Å²) in [5.41, 5.74) is -0.240. The molecule has 6 rings (SSSR count). The number of hydrogen-bond donors (Lipinski definition) is 0. The van der Waals surface area contributed by atoms with E-state index in [4.69, 9.17) is 4.74 Å². The van der Waals surface area contributed by atoms with Crippen molar-refractivity contribution in [3.05, 3.63) is 0 Å². The van der Waals surface area contributed by atoms with Gasteiger partial charge in [0.1, 0.15) is 5.60 Å². The zero-order valence-corrected chi connectivity index (χ0v) is 14.5. The molecule has 0 aromatic carbocycles. The first kappa shape index (κ1) is 11.6. The lowest BCUT2D eigenvalue weighted by Crippen LogP contribution is -2.49. The van der Waals surface area contributed by atoms with E-state index in [1.807, 2.05) is 0 Å². The predicted octanol–water partition coefficient (Wildman–Crippen LogP) is 3.31. The Kier molecular flexibility index (Phi) is 1.87. The van der Waals surface area contributed by atoms with Crippen LogP contribution in [0.15, 0.2) is 0 Å². The highest BCUT2D eigenvalue weighted by Crippen LogP contribution is 2.90. The largest absolute Gasteiger partial charge is 0.457 e. The van der Waals surface area contributed by atoms with Crippen molar-refractivity contribution in [2.75, 3.05) is 0 Å². The SMILES string of the molecule is CC(=O)O[C@@]12[C@@H]3[C@@H]4C[C@H]5[C@@H]([C@@H]4[C@@H]1Br)[C@H]2C(Br)(Br)[C@@H]53. The maximum Gasteiger partial charge on any atom is 0.303 e. The highest BCUT2D eigenvalue weighted by Gasteiger charge is 2.93. The molecule has 0 amide bonds. The summed E-state index contributed by atoms with van der Waals surface area (Å²) in [5.74, 6) is 4.64. The van der Waals surface area contributed by atoms with Gasteiger partial charge >= 0.3 is 5.97 Å². The van der Waals surface area contributed by atoms with E-state index in [9.17, 15) is 4.79 Å². The second-order valence-electron chi connectivity index (χ2n) is 6.77. The molecule has 6 aliphatic rings. The first-order valence-electron chi connectivity index (χ1n) is 6.64. The van der Waals surface area contributed by atoms with Crippen LogP contribution in [0.4, 0.5) is 0 Å². The molecular weight excluding hydrogens is 428 g/mol. The molecule has 0 N–H and O–H groups in total. The fourth-order valence-corrected chi connectivity index (χ4v) is 10.9. The molecule has 6 bridgehead atoms. The van der Waals surface area contributed by atoms with Crippen LogP contribution in [0.5, 0.6) is 0 Å². The van der Waals surface area contributed by atoms with Gasteiger partial charge in [-0.05, 0) is 36.0 Å². The van der Waals surface area contributed by atoms with Gasteiger partial charge in [-0.15, -0.1) is 0 Å². The highest BCUT2D eigenvalue weighted by atomic mass is 79.9. The number of carbonyl (C=O) groups is 1. The Balaban J connectivity index is 1.76. The van der Waals surface area contributed by atoms with Crippen LogP contribution >= 0.6 is 47.8 Å². The summed E-state index contributed by atoms with van der Waals surface area (Å²) >= 11 is 11.8. The second-order valence-corrected chi connectivity index (χ2v) is 11.4. The Labute approximate surface area is 131 Å². The molecule has 5 heteroatoms. The molecule has 6 saturated carbocycles. The molecule has 2 nitrogen and oxygen atoms in total. The second kappa shape index (κ2) is 2.92. The van der Waals surface area contributed by atoms with Crippen molar-refractivity contribution in [2.24, 2.45) is 41.4 Å². The normalized spacial score (nSPS) is 67.6. The minimum absolute atomic E-state index is 0.00146. The van der Waals surface area contributed by atoms with E-state index < -0.39 is 0 Å². The quantitative estimate of drug-likeness (QED) is 0.462. The van der Waals surface area contributed by atoms with Crippen LogP contribution in [-0.2, 0) is 9.53 Å². The van der Waals surface area contributed by atoms with Crippen LogP contribution in [-0.4, -0.2) is 19.6 Å². The summed E-state index contributed by atoms with van der Waals surface area (Å²) in [5, 5.41) is 0. The third kappa shape index (κ3) is 0.828. The number of rotatable bonds is 1. The van der Waals surface area contributed by atoms with Gasteiger partial charge in [-0.25, -0.2) is 0 Å². The van der Waals surface area contributed by atoms with Crippen LogP contribution in [0.25, 0.3) is 0 Å². The molecule has 0 saturated heterocycles. The van der Waals surface area contributed by atoms with Gasteiger partial charge in [0.05, 0.1) is 8.06 Å². The van der Waals surface area contributed by atoms with E-state index >= 15 is 0 Å². The molecule has 0 aromatic heterocycles. The minimum Gasteiger partial charge on any atom is -0.457 e. The minimum atomic E-state index is -0.240. The number of hydrogen-bond acceptors (Lipinski definition) is 2. The topological polar surface area (TPSA) is 26.3 Å². The molecule has 18 heavy (non-hydrogen) atoms. The molecule has 6 fully saturated rings. The molecule has 0 unspecified atom stereocenters. The number of carbonyl (C=O) groups excluding carboxylic acids is 1. The lowest BCUT2D eigenvalue weighted by Gasteiger charge is -2.41. The van der Waals surface area contributed by atoms with Gasteiger partial charge in [-0.2, -0.15) is 0 Å². The van der Waals surface area contributed by atoms with E-state index in [-0.39, 0.29) is 14.8 Å². The Morgan fingerprint density at radius 3 is 2.56 bits per heavy atom. The van der Waals surface area contributed by atoms with Crippen molar-refractivity contribution < 1.29 is 9.53 Å². The standard InChI is InChI=1S/C13H13Br3O2/c1-3(17)18-12-8-5-2-4-6(7(5)11(12)14)10(12)13(15,16)9(4)8/h4-11H,2H2,1H3/t4-,5+,6-,7+,8+,9-,10+,11-,12+/m0/s1. The molecule has 0 heterocycles. The van der Waals surface area contributed by atoms with Crippen molar-refractivity contribution in [1.82, 2.24) is 0 Å². The van der Waals surface area contributed by atoms with E-state index in [0.717, 1.165) is 23.7 Å². The summed E-state index contributed by atoms with van der Waals surface area (Å²) in [4.78, 5) is 12.0. The van der Waals surface area contributed by atoms with Gasteiger partial charge in [0.15, 0.2) is 0 Å². The molecule has 0 radical (unpaired) electrons. The molecule has 6 aliphatic carbocycles. The Morgan fingerprint density at radius 1 is 1.22 bits per heavy atom. The van der Waals surface area contributed by atoms with Crippen LogP contribution in [0.1, 0.15) is 13.3 Å². The van der Waals surface area contributed by atoms with E-state index in [2.05, 4.69) is 47.8 Å². The lowest BCUT2D eigenvalue weighted by molar-refractivity contribution is -0.167. The Bertz CT molecular complexity index is 493. The summed E-state index contributed by atoms with van der Waals surface area (Å²) in [7, 11) is 0. The van der Waals surface area contributed by atoms with Crippen molar-refractivity contribution >= 4 is 53.8 Å². The fourth-order valence-electron chi connectivity index (χ4n) is 6.89. The van der Waals surface area contributed by atoms with Gasteiger partial charge < -0.3 is 4.74 Å². The van der Waals surface area contributed by atoms with Crippen molar-refractivity contribution in [1.29, 1.82) is 0 Å².